The number of halogens is 3. The zero-order valence-electron chi connectivity index (χ0n) is 10.4. The van der Waals surface area contributed by atoms with Crippen LogP contribution in [0.1, 0.15) is 30.7 Å². The maximum Gasteiger partial charge on any atom is 0.139 e. The smallest absolute Gasteiger partial charge is 0.139 e. The number of furan rings is 1. The molecular weight excluding hydrogens is 316 g/mol. The molecule has 0 aliphatic rings. The Morgan fingerprint density at radius 2 is 1.95 bits per heavy atom. The van der Waals surface area contributed by atoms with Gasteiger partial charge in [-0.05, 0) is 52.7 Å². The summed E-state index contributed by atoms with van der Waals surface area (Å²) in [6, 6.07) is 4.86. The first-order valence-corrected chi connectivity index (χ1v) is 6.83. The van der Waals surface area contributed by atoms with Crippen molar-refractivity contribution in [1.82, 2.24) is 5.32 Å². The van der Waals surface area contributed by atoms with Gasteiger partial charge >= 0.3 is 0 Å². The maximum absolute atomic E-state index is 13.3. The minimum Gasteiger partial charge on any atom is -0.466 e. The molecule has 0 spiro atoms. The predicted molar refractivity (Wildman–Crippen MR) is 72.9 cm³/mol. The number of benzene rings is 1. The van der Waals surface area contributed by atoms with E-state index < -0.39 is 11.6 Å². The van der Waals surface area contributed by atoms with Crippen molar-refractivity contribution >= 4 is 15.9 Å². The molecule has 2 rings (SSSR count). The third-order valence-electron chi connectivity index (χ3n) is 2.72. The molecule has 19 heavy (non-hydrogen) atoms. The molecule has 1 N–H and O–H groups in total. The molecule has 5 heteroatoms. The second kappa shape index (κ2) is 6.30. The molecule has 0 saturated carbocycles. The first-order chi connectivity index (χ1) is 9.11. The number of hydrogen-bond donors (Lipinski definition) is 1. The van der Waals surface area contributed by atoms with Gasteiger partial charge < -0.3 is 9.73 Å². The molecule has 1 heterocycles. The first-order valence-electron chi connectivity index (χ1n) is 6.04. The normalized spacial score (nSPS) is 12.6. The molecular formula is C14H14BrF2NO. The molecule has 102 valence electrons. The first kappa shape index (κ1) is 14.2. The molecule has 0 fully saturated rings. The standard InChI is InChI=1S/C14H14BrF2NO/c1-2-4-18-13(14-12(15)3-5-19-14)9-6-10(16)8-11(17)7-9/h3,5-8,13,18H,2,4H2,1H3. The van der Waals surface area contributed by atoms with Crippen LogP contribution in [0.2, 0.25) is 0 Å². The third kappa shape index (κ3) is 3.42. The van der Waals surface area contributed by atoms with E-state index in [1.807, 2.05) is 6.92 Å². The highest BCUT2D eigenvalue weighted by Crippen LogP contribution is 2.30. The zero-order chi connectivity index (χ0) is 13.8. The average molecular weight is 330 g/mol. The lowest BCUT2D eigenvalue weighted by atomic mass is 10.0. The maximum atomic E-state index is 13.3. The average Bonchev–Trinajstić information content (AvgIpc) is 2.75. The lowest BCUT2D eigenvalue weighted by Gasteiger charge is -2.17. The van der Waals surface area contributed by atoms with Crippen LogP contribution >= 0.6 is 15.9 Å². The van der Waals surface area contributed by atoms with Crippen molar-refractivity contribution in [3.63, 3.8) is 0 Å². The predicted octanol–water partition coefficient (Wildman–Crippen LogP) is 4.41. The van der Waals surface area contributed by atoms with Crippen molar-refractivity contribution in [1.29, 1.82) is 0 Å². The Morgan fingerprint density at radius 1 is 1.26 bits per heavy atom. The minimum atomic E-state index is -0.596. The van der Waals surface area contributed by atoms with Gasteiger partial charge in [-0.25, -0.2) is 8.78 Å². The van der Waals surface area contributed by atoms with Gasteiger partial charge in [0, 0.05) is 6.07 Å². The van der Waals surface area contributed by atoms with E-state index in [2.05, 4.69) is 21.2 Å². The van der Waals surface area contributed by atoms with Crippen LogP contribution in [0, 0.1) is 11.6 Å². The quantitative estimate of drug-likeness (QED) is 0.878. The van der Waals surface area contributed by atoms with E-state index >= 15 is 0 Å². The van der Waals surface area contributed by atoms with E-state index in [0.29, 0.717) is 11.3 Å². The second-order valence-corrected chi connectivity index (χ2v) is 5.08. The van der Waals surface area contributed by atoms with Gasteiger partial charge in [-0.15, -0.1) is 0 Å². The van der Waals surface area contributed by atoms with E-state index in [4.69, 9.17) is 4.42 Å². The Balaban J connectivity index is 2.39. The molecule has 0 saturated heterocycles. The molecule has 0 aliphatic carbocycles. The van der Waals surface area contributed by atoms with Crippen molar-refractivity contribution in [2.75, 3.05) is 6.54 Å². The Labute approximate surface area is 118 Å². The lowest BCUT2D eigenvalue weighted by Crippen LogP contribution is -2.23. The summed E-state index contributed by atoms with van der Waals surface area (Å²) in [5, 5.41) is 3.23. The lowest BCUT2D eigenvalue weighted by molar-refractivity contribution is 0.441. The molecule has 1 aromatic carbocycles. The molecule has 1 atom stereocenters. The summed E-state index contributed by atoms with van der Waals surface area (Å²) >= 11 is 3.37. The molecule has 1 aromatic heterocycles. The van der Waals surface area contributed by atoms with E-state index in [1.54, 1.807) is 6.07 Å². The SMILES string of the molecule is CCCNC(c1cc(F)cc(F)c1)c1occc1Br. The Hall–Kier alpha value is -1.20. The van der Waals surface area contributed by atoms with Gasteiger partial charge in [0.2, 0.25) is 0 Å². The fourth-order valence-corrected chi connectivity index (χ4v) is 2.33. The summed E-state index contributed by atoms with van der Waals surface area (Å²) in [6.07, 6.45) is 2.45. The fraction of sp³-hybridized carbons (Fsp3) is 0.286. The highest BCUT2D eigenvalue weighted by atomic mass is 79.9. The van der Waals surface area contributed by atoms with E-state index in [0.717, 1.165) is 23.5 Å². The van der Waals surface area contributed by atoms with Gasteiger partial charge in [-0.2, -0.15) is 0 Å². The van der Waals surface area contributed by atoms with Gasteiger partial charge in [0.1, 0.15) is 17.4 Å². The fourth-order valence-electron chi connectivity index (χ4n) is 1.90. The topological polar surface area (TPSA) is 25.2 Å². The monoisotopic (exact) mass is 329 g/mol. The van der Waals surface area contributed by atoms with Crippen molar-refractivity contribution in [2.45, 2.75) is 19.4 Å². The van der Waals surface area contributed by atoms with Crippen LogP contribution < -0.4 is 5.32 Å². The zero-order valence-corrected chi connectivity index (χ0v) is 12.0. The summed E-state index contributed by atoms with van der Waals surface area (Å²) in [6.45, 7) is 2.74. The number of nitrogens with one attached hydrogen (secondary N) is 1. The van der Waals surface area contributed by atoms with Crippen LogP contribution in [0.5, 0.6) is 0 Å². The van der Waals surface area contributed by atoms with Gasteiger partial charge in [0.15, 0.2) is 0 Å². The van der Waals surface area contributed by atoms with Crippen molar-refractivity contribution in [3.8, 4) is 0 Å². The molecule has 2 nitrogen and oxygen atoms in total. The number of hydrogen-bond acceptors (Lipinski definition) is 2. The number of rotatable bonds is 5. The van der Waals surface area contributed by atoms with Gasteiger partial charge in [-0.1, -0.05) is 6.92 Å². The molecule has 0 bridgehead atoms. The third-order valence-corrected chi connectivity index (χ3v) is 3.38. The molecule has 0 amide bonds. The van der Waals surface area contributed by atoms with Crippen LogP contribution in [0.25, 0.3) is 0 Å². The van der Waals surface area contributed by atoms with Gasteiger partial charge in [-0.3, -0.25) is 0 Å². The van der Waals surface area contributed by atoms with E-state index in [9.17, 15) is 8.78 Å². The summed E-state index contributed by atoms with van der Waals surface area (Å²) in [5.41, 5.74) is 0.501. The summed E-state index contributed by atoms with van der Waals surface area (Å²) in [5.74, 6) is -0.583. The molecule has 1 unspecified atom stereocenters. The molecule has 0 aliphatic heterocycles. The van der Waals surface area contributed by atoms with Crippen molar-refractivity contribution in [2.24, 2.45) is 0 Å². The van der Waals surface area contributed by atoms with E-state index in [-0.39, 0.29) is 6.04 Å². The summed E-state index contributed by atoms with van der Waals surface area (Å²) in [4.78, 5) is 0. The highest BCUT2D eigenvalue weighted by molar-refractivity contribution is 9.10. The molecule has 0 radical (unpaired) electrons. The Kier molecular flexibility index (Phi) is 4.71. The Morgan fingerprint density at radius 3 is 2.47 bits per heavy atom. The Bertz CT molecular complexity index is 536. The second-order valence-electron chi connectivity index (χ2n) is 4.22. The van der Waals surface area contributed by atoms with Crippen LogP contribution in [0.3, 0.4) is 0 Å². The van der Waals surface area contributed by atoms with Crippen molar-refractivity contribution < 1.29 is 13.2 Å². The largest absolute Gasteiger partial charge is 0.466 e. The van der Waals surface area contributed by atoms with Crippen LogP contribution in [-0.2, 0) is 0 Å². The minimum absolute atomic E-state index is 0.380. The van der Waals surface area contributed by atoms with Gasteiger partial charge in [0.05, 0.1) is 16.8 Å². The molecule has 2 aromatic rings. The van der Waals surface area contributed by atoms with Gasteiger partial charge in [0.25, 0.3) is 0 Å². The van der Waals surface area contributed by atoms with Crippen LogP contribution in [0.4, 0.5) is 8.78 Å². The van der Waals surface area contributed by atoms with Crippen molar-refractivity contribution in [3.05, 3.63) is 58.0 Å². The summed E-state index contributed by atoms with van der Waals surface area (Å²) in [7, 11) is 0. The van der Waals surface area contributed by atoms with Crippen LogP contribution in [-0.4, -0.2) is 6.54 Å². The highest BCUT2D eigenvalue weighted by Gasteiger charge is 2.20. The summed E-state index contributed by atoms with van der Waals surface area (Å²) < 4.78 is 32.9. The van der Waals surface area contributed by atoms with E-state index in [1.165, 1.54) is 18.4 Å². The van der Waals surface area contributed by atoms with Crippen LogP contribution in [0.15, 0.2) is 39.4 Å².